The molecule has 0 fully saturated rings. The molecule has 2 atom stereocenters. The number of benzene rings is 2. The summed E-state index contributed by atoms with van der Waals surface area (Å²) in [6.07, 6.45) is -0.452. The largest absolute Gasteiger partial charge is 0.484 e. The second kappa shape index (κ2) is 9.07. The summed E-state index contributed by atoms with van der Waals surface area (Å²) < 4.78 is 33.7. The highest BCUT2D eigenvalue weighted by atomic mass is 32.2. The molecule has 2 amide bonds. The number of fused-ring (bicyclic) bond motifs is 2. The SMILES string of the molecule is CC(C)CCN1C(=O)C([C@@H]2Nc3ccc(OCC(N)=O)cc3S(=O)(=O)N2)C(=O)c2ccccc21. The number of nitrogens with two attached hydrogens (primary N) is 1. The van der Waals surface area contributed by atoms with Crippen molar-refractivity contribution < 1.29 is 27.5 Å². The quantitative estimate of drug-likeness (QED) is 0.502. The van der Waals surface area contributed by atoms with Gasteiger partial charge in [-0.2, -0.15) is 4.72 Å². The molecule has 180 valence electrons. The molecule has 4 N–H and O–H groups in total. The number of anilines is 2. The highest BCUT2D eigenvalue weighted by Gasteiger charge is 2.47. The zero-order valence-electron chi connectivity index (χ0n) is 18.8. The van der Waals surface area contributed by atoms with Gasteiger partial charge in [-0.1, -0.05) is 26.0 Å². The van der Waals surface area contributed by atoms with Crippen LogP contribution in [-0.2, 0) is 19.6 Å². The van der Waals surface area contributed by atoms with Gasteiger partial charge in [0, 0.05) is 18.2 Å². The number of Topliss-reactive ketones (excluding diaryl/α,β-unsaturated/α-hetero) is 1. The number of nitrogens with zero attached hydrogens (tertiary/aromatic N) is 1. The molecule has 2 aliphatic heterocycles. The van der Waals surface area contributed by atoms with Crippen molar-refractivity contribution in [3.8, 4) is 5.75 Å². The molecule has 11 heteroatoms. The van der Waals surface area contributed by atoms with Gasteiger partial charge in [0.25, 0.3) is 5.91 Å². The molecule has 4 rings (SSSR count). The first-order chi connectivity index (χ1) is 16.1. The molecule has 0 spiro atoms. The van der Waals surface area contributed by atoms with Crippen LogP contribution in [0.1, 0.15) is 30.6 Å². The summed E-state index contributed by atoms with van der Waals surface area (Å²) in [7, 11) is -4.10. The van der Waals surface area contributed by atoms with E-state index in [4.69, 9.17) is 10.5 Å². The molecule has 34 heavy (non-hydrogen) atoms. The lowest BCUT2D eigenvalue weighted by Crippen LogP contribution is -2.58. The maximum absolute atomic E-state index is 13.5. The van der Waals surface area contributed by atoms with Crippen LogP contribution in [0.25, 0.3) is 0 Å². The summed E-state index contributed by atoms with van der Waals surface area (Å²) >= 11 is 0. The molecular weight excluding hydrogens is 460 g/mol. The fraction of sp³-hybridized carbons (Fsp3) is 0.348. The summed E-state index contributed by atoms with van der Waals surface area (Å²) in [6.45, 7) is 4.09. The van der Waals surface area contributed by atoms with Crippen LogP contribution < -0.4 is 25.4 Å². The predicted octanol–water partition coefficient (Wildman–Crippen LogP) is 1.47. The molecular formula is C23H26N4O6S. The number of amides is 2. The van der Waals surface area contributed by atoms with Crippen LogP contribution >= 0.6 is 0 Å². The molecule has 2 heterocycles. The van der Waals surface area contributed by atoms with E-state index in [-0.39, 0.29) is 16.3 Å². The fourth-order valence-electron chi connectivity index (χ4n) is 4.06. The number of rotatable bonds is 7. The van der Waals surface area contributed by atoms with Crippen LogP contribution in [0.2, 0.25) is 0 Å². The average molecular weight is 487 g/mol. The second-order valence-corrected chi connectivity index (χ2v) is 10.4. The molecule has 1 unspecified atom stereocenters. The third-order valence-electron chi connectivity index (χ3n) is 5.76. The smallest absolute Gasteiger partial charge is 0.255 e. The molecule has 2 aliphatic rings. The number of ether oxygens (including phenoxy) is 1. The van der Waals surface area contributed by atoms with E-state index >= 15 is 0 Å². The Morgan fingerprint density at radius 2 is 1.91 bits per heavy atom. The van der Waals surface area contributed by atoms with E-state index in [1.54, 1.807) is 29.2 Å². The molecule has 2 aromatic carbocycles. The van der Waals surface area contributed by atoms with Crippen molar-refractivity contribution in [3.05, 3.63) is 48.0 Å². The van der Waals surface area contributed by atoms with Crippen LogP contribution in [0.15, 0.2) is 47.4 Å². The molecule has 0 radical (unpaired) electrons. The summed E-state index contributed by atoms with van der Waals surface area (Å²) in [5, 5.41) is 2.99. The second-order valence-electron chi connectivity index (χ2n) is 8.69. The van der Waals surface area contributed by atoms with Gasteiger partial charge in [0.2, 0.25) is 15.9 Å². The number of hydrogen-bond acceptors (Lipinski definition) is 7. The Balaban J connectivity index is 1.67. The number of hydrogen-bond donors (Lipinski definition) is 3. The van der Waals surface area contributed by atoms with Gasteiger partial charge in [-0.25, -0.2) is 8.42 Å². The van der Waals surface area contributed by atoms with Crippen LogP contribution in [-0.4, -0.2) is 45.3 Å². The number of sulfonamides is 1. The molecule has 0 bridgehead atoms. The topological polar surface area (TPSA) is 148 Å². The van der Waals surface area contributed by atoms with Gasteiger partial charge in [-0.15, -0.1) is 0 Å². The maximum Gasteiger partial charge on any atom is 0.255 e. The average Bonchev–Trinajstić information content (AvgIpc) is 2.77. The van der Waals surface area contributed by atoms with E-state index < -0.39 is 46.3 Å². The molecule has 0 aromatic heterocycles. The van der Waals surface area contributed by atoms with Gasteiger partial charge in [0.15, 0.2) is 12.4 Å². The maximum atomic E-state index is 13.5. The fourth-order valence-corrected chi connectivity index (χ4v) is 5.41. The summed E-state index contributed by atoms with van der Waals surface area (Å²) in [6, 6.07) is 11.0. The number of carbonyl (C=O) groups excluding carboxylic acids is 3. The molecule has 0 aliphatic carbocycles. The van der Waals surface area contributed by atoms with Crippen LogP contribution in [0.5, 0.6) is 5.75 Å². The van der Waals surface area contributed by atoms with E-state index in [2.05, 4.69) is 10.0 Å². The molecule has 0 saturated carbocycles. The summed E-state index contributed by atoms with van der Waals surface area (Å²) in [5.74, 6) is -2.42. The van der Waals surface area contributed by atoms with Crippen molar-refractivity contribution in [2.45, 2.75) is 31.3 Å². The normalized spacial score (nSPS) is 21.0. The number of primary amides is 1. The van der Waals surface area contributed by atoms with Gasteiger partial charge in [-0.05, 0) is 36.6 Å². The summed E-state index contributed by atoms with van der Waals surface area (Å²) in [4.78, 5) is 39.2. The molecule has 2 aromatic rings. The van der Waals surface area contributed by atoms with E-state index in [1.807, 2.05) is 13.8 Å². The van der Waals surface area contributed by atoms with Crippen molar-refractivity contribution in [1.82, 2.24) is 4.72 Å². The predicted molar refractivity (Wildman–Crippen MR) is 125 cm³/mol. The molecule has 10 nitrogen and oxygen atoms in total. The van der Waals surface area contributed by atoms with Crippen LogP contribution in [0.3, 0.4) is 0 Å². The lowest BCUT2D eigenvalue weighted by atomic mass is 9.87. The Morgan fingerprint density at radius 1 is 1.18 bits per heavy atom. The highest BCUT2D eigenvalue weighted by molar-refractivity contribution is 7.89. The Hall–Kier alpha value is -3.44. The van der Waals surface area contributed by atoms with E-state index in [9.17, 15) is 22.8 Å². The first-order valence-electron chi connectivity index (χ1n) is 10.9. The van der Waals surface area contributed by atoms with E-state index in [1.165, 1.54) is 18.2 Å². The summed E-state index contributed by atoms with van der Waals surface area (Å²) in [5.41, 5.74) is 6.18. The van der Waals surface area contributed by atoms with Crippen LogP contribution in [0.4, 0.5) is 11.4 Å². The van der Waals surface area contributed by atoms with E-state index in [0.717, 1.165) is 6.42 Å². The van der Waals surface area contributed by atoms with Crippen molar-refractivity contribution >= 4 is 39.0 Å². The van der Waals surface area contributed by atoms with Crippen molar-refractivity contribution in [3.63, 3.8) is 0 Å². The third-order valence-corrected chi connectivity index (χ3v) is 7.24. The minimum absolute atomic E-state index is 0.126. The highest BCUT2D eigenvalue weighted by Crippen LogP contribution is 2.36. The Bertz CT molecular complexity index is 1260. The lowest BCUT2D eigenvalue weighted by Gasteiger charge is -2.39. The first-order valence-corrected chi connectivity index (χ1v) is 12.4. The number of ketones is 1. The van der Waals surface area contributed by atoms with Crippen LogP contribution in [0, 0.1) is 11.8 Å². The Morgan fingerprint density at radius 3 is 2.62 bits per heavy atom. The van der Waals surface area contributed by atoms with Gasteiger partial charge < -0.3 is 20.7 Å². The standard InChI is InChI=1S/C23H26N4O6S/c1-13(2)9-10-27-17-6-4-3-5-15(17)21(29)20(23(27)30)22-25-16-8-7-14(33-12-19(24)28)11-18(16)34(31,32)26-22/h3-8,11,13,20,22,25-26H,9-10,12H2,1-2H3,(H2,24,28)/t20?,22-/m1/s1. The number of nitrogens with one attached hydrogen (secondary N) is 2. The third kappa shape index (κ3) is 4.48. The van der Waals surface area contributed by atoms with Gasteiger partial charge in [-0.3, -0.25) is 14.4 Å². The number of carbonyl (C=O) groups is 3. The zero-order valence-corrected chi connectivity index (χ0v) is 19.6. The van der Waals surface area contributed by atoms with Crippen molar-refractivity contribution in [2.75, 3.05) is 23.4 Å². The van der Waals surface area contributed by atoms with Gasteiger partial charge in [0.05, 0.1) is 11.4 Å². The van der Waals surface area contributed by atoms with Crippen molar-refractivity contribution in [1.29, 1.82) is 0 Å². The minimum atomic E-state index is -4.10. The molecule has 0 saturated heterocycles. The van der Waals surface area contributed by atoms with E-state index in [0.29, 0.717) is 23.7 Å². The lowest BCUT2D eigenvalue weighted by molar-refractivity contribution is -0.122. The van der Waals surface area contributed by atoms with Gasteiger partial charge >= 0.3 is 0 Å². The zero-order chi connectivity index (χ0) is 24.6. The van der Waals surface area contributed by atoms with Crippen molar-refractivity contribution in [2.24, 2.45) is 17.6 Å². The minimum Gasteiger partial charge on any atom is -0.484 e. The number of para-hydroxylation sites is 1. The monoisotopic (exact) mass is 486 g/mol. The Labute approximate surface area is 197 Å². The Kier molecular flexibility index (Phi) is 6.32. The van der Waals surface area contributed by atoms with Gasteiger partial charge in [0.1, 0.15) is 22.7 Å². The first kappa shape index (κ1) is 23.7.